The van der Waals surface area contributed by atoms with E-state index >= 15 is 0 Å². The lowest BCUT2D eigenvalue weighted by Crippen LogP contribution is -2.34. The van der Waals surface area contributed by atoms with Gasteiger partial charge in [-0.25, -0.2) is 0 Å². The van der Waals surface area contributed by atoms with Crippen LogP contribution in [0.25, 0.3) is 22.0 Å². The van der Waals surface area contributed by atoms with Gasteiger partial charge in [-0.05, 0) is 56.7 Å². The monoisotopic (exact) mass is 349 g/mol. The van der Waals surface area contributed by atoms with Gasteiger partial charge in [-0.3, -0.25) is 9.48 Å². The number of fused-ring (bicyclic) bond motifs is 1. The van der Waals surface area contributed by atoms with Crippen molar-refractivity contribution in [3.8, 4) is 11.1 Å². The molecule has 0 bridgehead atoms. The molecule has 0 saturated carbocycles. The number of benzene rings is 1. The number of ketones is 1. The van der Waals surface area contributed by atoms with Gasteiger partial charge in [0.05, 0.1) is 23.8 Å². The Bertz CT molecular complexity index is 940. The maximum absolute atomic E-state index is 12.6. The van der Waals surface area contributed by atoms with Gasteiger partial charge in [-0.15, -0.1) is 0 Å². The molecule has 26 heavy (non-hydrogen) atoms. The van der Waals surface area contributed by atoms with Crippen LogP contribution in [0.1, 0.15) is 18.5 Å². The van der Waals surface area contributed by atoms with Crippen molar-refractivity contribution < 1.29 is 4.79 Å². The Kier molecular flexibility index (Phi) is 4.51. The highest BCUT2D eigenvalue weighted by atomic mass is 16.1. The quantitative estimate of drug-likeness (QED) is 0.724. The molecule has 0 amide bonds. The molecule has 1 aliphatic rings. The first-order chi connectivity index (χ1) is 12.6. The summed E-state index contributed by atoms with van der Waals surface area (Å²) in [5.41, 5.74) is 3.75. The third-order valence-corrected chi connectivity index (χ3v) is 5.20. The number of aryl methyl sites for hydroxylation is 1. The van der Waals surface area contributed by atoms with Crippen LogP contribution in [0.5, 0.6) is 0 Å². The summed E-state index contributed by atoms with van der Waals surface area (Å²) in [6.45, 7) is 1.99. The van der Waals surface area contributed by atoms with Crippen molar-refractivity contribution in [1.82, 2.24) is 24.9 Å². The molecule has 0 atom stereocenters. The molecule has 4 rings (SSSR count). The Labute approximate surface area is 152 Å². The molecule has 0 unspecified atom stereocenters. The fourth-order valence-electron chi connectivity index (χ4n) is 3.58. The van der Waals surface area contributed by atoms with Gasteiger partial charge < -0.3 is 4.90 Å². The Balaban J connectivity index is 1.55. The van der Waals surface area contributed by atoms with Gasteiger partial charge in [0.25, 0.3) is 0 Å². The highest BCUT2D eigenvalue weighted by Gasteiger charge is 2.23. The van der Waals surface area contributed by atoms with E-state index in [1.54, 1.807) is 4.68 Å². The summed E-state index contributed by atoms with van der Waals surface area (Å²) in [6, 6.07) is 8.07. The van der Waals surface area contributed by atoms with Gasteiger partial charge in [0.1, 0.15) is 5.78 Å². The fraction of sp³-hybridized carbons (Fsp3) is 0.400. The van der Waals surface area contributed by atoms with Gasteiger partial charge in [0, 0.05) is 30.1 Å². The van der Waals surface area contributed by atoms with Crippen molar-refractivity contribution in [3.63, 3.8) is 0 Å². The summed E-state index contributed by atoms with van der Waals surface area (Å²) in [7, 11) is 4.01. The fourth-order valence-corrected chi connectivity index (χ4v) is 3.58. The molecule has 1 fully saturated rings. The van der Waals surface area contributed by atoms with Crippen molar-refractivity contribution in [1.29, 1.82) is 0 Å². The number of carbonyl (C=O) groups excluding carboxylic acids is 1. The van der Waals surface area contributed by atoms with E-state index < -0.39 is 0 Å². The standard InChI is InChI=1S/C20H23N5O/c1-24-7-5-14(6-8-24)20(26)11-18-10-16-9-15(3-4-19(16)23-22-18)17-12-21-25(2)13-17/h3-4,9-10,12-14H,5-8,11H2,1-2H3. The molecular formula is C20H23N5O. The maximum Gasteiger partial charge on any atom is 0.142 e. The number of likely N-dealkylation sites (tertiary alicyclic amines) is 1. The summed E-state index contributed by atoms with van der Waals surface area (Å²) < 4.78 is 1.79. The van der Waals surface area contributed by atoms with Gasteiger partial charge in [0.15, 0.2) is 0 Å². The second-order valence-corrected chi connectivity index (χ2v) is 7.23. The molecule has 1 aromatic carbocycles. The molecule has 6 heteroatoms. The second kappa shape index (κ2) is 6.96. The molecule has 1 saturated heterocycles. The Morgan fingerprint density at radius 3 is 2.65 bits per heavy atom. The number of hydrogen-bond acceptors (Lipinski definition) is 5. The lowest BCUT2D eigenvalue weighted by atomic mass is 9.90. The van der Waals surface area contributed by atoms with E-state index in [9.17, 15) is 4.79 Å². The third-order valence-electron chi connectivity index (χ3n) is 5.20. The SMILES string of the molecule is CN1CCC(C(=O)Cc2cc3cc(-c4cnn(C)c4)ccc3nn2)CC1. The topological polar surface area (TPSA) is 63.9 Å². The first-order valence-corrected chi connectivity index (χ1v) is 9.05. The van der Waals surface area contributed by atoms with Crippen molar-refractivity contribution in [3.05, 3.63) is 42.4 Å². The van der Waals surface area contributed by atoms with Gasteiger partial charge in [-0.2, -0.15) is 15.3 Å². The van der Waals surface area contributed by atoms with Crippen LogP contribution in [0.2, 0.25) is 0 Å². The van der Waals surface area contributed by atoms with Gasteiger partial charge >= 0.3 is 0 Å². The molecule has 0 N–H and O–H groups in total. The summed E-state index contributed by atoms with van der Waals surface area (Å²) >= 11 is 0. The van der Waals surface area contributed by atoms with Crippen LogP contribution >= 0.6 is 0 Å². The molecule has 1 aliphatic heterocycles. The second-order valence-electron chi connectivity index (χ2n) is 7.23. The molecular weight excluding hydrogens is 326 g/mol. The van der Waals surface area contributed by atoms with Crippen LogP contribution in [-0.4, -0.2) is 50.8 Å². The van der Waals surface area contributed by atoms with Crippen molar-refractivity contribution in [2.24, 2.45) is 13.0 Å². The van der Waals surface area contributed by atoms with E-state index in [1.165, 1.54) is 0 Å². The number of aromatic nitrogens is 4. The molecule has 0 radical (unpaired) electrons. The minimum atomic E-state index is 0.158. The smallest absolute Gasteiger partial charge is 0.142 e. The maximum atomic E-state index is 12.6. The van der Waals surface area contributed by atoms with E-state index in [0.717, 1.165) is 53.7 Å². The number of nitrogens with zero attached hydrogens (tertiary/aromatic N) is 5. The van der Waals surface area contributed by atoms with Crippen molar-refractivity contribution in [2.75, 3.05) is 20.1 Å². The molecule has 3 aromatic rings. The van der Waals surface area contributed by atoms with Crippen LogP contribution in [0.4, 0.5) is 0 Å². The first-order valence-electron chi connectivity index (χ1n) is 9.05. The predicted molar refractivity (Wildman–Crippen MR) is 101 cm³/mol. The van der Waals surface area contributed by atoms with Crippen LogP contribution < -0.4 is 0 Å². The Morgan fingerprint density at radius 2 is 1.92 bits per heavy atom. The zero-order valence-corrected chi connectivity index (χ0v) is 15.2. The molecule has 3 heterocycles. The zero-order valence-electron chi connectivity index (χ0n) is 15.2. The largest absolute Gasteiger partial charge is 0.306 e. The average molecular weight is 349 g/mol. The number of carbonyl (C=O) groups is 1. The normalized spacial score (nSPS) is 16.2. The Hall–Kier alpha value is -2.60. The number of piperidine rings is 1. The van der Waals surface area contributed by atoms with Crippen LogP contribution in [0, 0.1) is 5.92 Å². The van der Waals surface area contributed by atoms with Crippen molar-refractivity contribution >= 4 is 16.7 Å². The number of rotatable bonds is 4. The lowest BCUT2D eigenvalue weighted by molar-refractivity contribution is -0.123. The Morgan fingerprint density at radius 1 is 1.12 bits per heavy atom. The van der Waals surface area contributed by atoms with E-state index in [0.29, 0.717) is 6.42 Å². The molecule has 134 valence electrons. The average Bonchev–Trinajstić information content (AvgIpc) is 3.08. The number of Topliss-reactive ketones (excluding diaryl/α,β-unsaturated/α-hetero) is 1. The van der Waals surface area contributed by atoms with Gasteiger partial charge in [-0.1, -0.05) is 6.07 Å². The minimum absolute atomic E-state index is 0.158. The first kappa shape index (κ1) is 16.8. The van der Waals surface area contributed by atoms with E-state index in [4.69, 9.17) is 0 Å². The molecule has 0 spiro atoms. The van der Waals surface area contributed by atoms with E-state index in [1.807, 2.05) is 37.6 Å². The van der Waals surface area contributed by atoms with Crippen LogP contribution in [0.15, 0.2) is 36.7 Å². The summed E-state index contributed by atoms with van der Waals surface area (Å²) in [4.78, 5) is 14.9. The minimum Gasteiger partial charge on any atom is -0.306 e. The summed E-state index contributed by atoms with van der Waals surface area (Å²) in [5.74, 6) is 0.445. The van der Waals surface area contributed by atoms with Crippen LogP contribution in [0.3, 0.4) is 0 Å². The molecule has 6 nitrogen and oxygen atoms in total. The lowest BCUT2D eigenvalue weighted by Gasteiger charge is -2.27. The van der Waals surface area contributed by atoms with E-state index in [-0.39, 0.29) is 11.7 Å². The predicted octanol–water partition coefficient (Wildman–Crippen LogP) is 2.48. The zero-order chi connectivity index (χ0) is 18.1. The highest BCUT2D eigenvalue weighted by molar-refractivity contribution is 5.86. The number of hydrogen-bond donors (Lipinski definition) is 0. The summed E-state index contributed by atoms with van der Waals surface area (Å²) in [5, 5.41) is 13.8. The summed E-state index contributed by atoms with van der Waals surface area (Å²) in [6.07, 6.45) is 6.10. The van der Waals surface area contributed by atoms with E-state index in [2.05, 4.69) is 33.3 Å². The van der Waals surface area contributed by atoms with Crippen LogP contribution in [-0.2, 0) is 18.3 Å². The molecule has 2 aromatic heterocycles. The molecule has 0 aliphatic carbocycles. The third kappa shape index (κ3) is 3.51. The van der Waals surface area contributed by atoms with Crippen molar-refractivity contribution in [2.45, 2.75) is 19.3 Å². The van der Waals surface area contributed by atoms with Gasteiger partial charge in [0.2, 0.25) is 0 Å². The highest BCUT2D eigenvalue weighted by Crippen LogP contribution is 2.24.